The Kier molecular flexibility index (Phi) is 5.25. The van der Waals surface area contributed by atoms with Crippen molar-refractivity contribution in [1.29, 1.82) is 0 Å². The molecule has 2 fully saturated rings. The van der Waals surface area contributed by atoms with Gasteiger partial charge in [-0.05, 0) is 37.8 Å². The smallest absolute Gasteiger partial charge is 0.337 e. The van der Waals surface area contributed by atoms with Crippen LogP contribution in [0, 0.1) is 5.92 Å². The first-order valence-electron chi connectivity index (χ1n) is 10.2. The lowest BCUT2D eigenvalue weighted by atomic mass is 9.87. The van der Waals surface area contributed by atoms with Crippen molar-refractivity contribution >= 4 is 21.8 Å². The van der Waals surface area contributed by atoms with E-state index < -0.39 is 21.5 Å². The summed E-state index contributed by atoms with van der Waals surface area (Å²) < 4.78 is 27.6. The molecule has 1 spiro atoms. The predicted octanol–water partition coefficient (Wildman–Crippen LogP) is 3.00. The Morgan fingerprint density at radius 3 is 2.48 bits per heavy atom. The largest absolute Gasteiger partial charge is 0.478 e. The zero-order valence-corrected chi connectivity index (χ0v) is 17.2. The SMILES string of the molecule is C=C1NC(C2CCCCC2)=NC12CCN(S(=O)(=O)c1ccccc1C(=O)O)CC2. The van der Waals surface area contributed by atoms with Gasteiger partial charge in [0.05, 0.1) is 10.5 Å². The molecule has 29 heavy (non-hydrogen) atoms. The highest BCUT2D eigenvalue weighted by Gasteiger charge is 2.45. The van der Waals surface area contributed by atoms with Gasteiger partial charge in [-0.3, -0.25) is 4.99 Å². The number of nitrogens with one attached hydrogen (secondary N) is 1. The van der Waals surface area contributed by atoms with Gasteiger partial charge in [0, 0.05) is 24.7 Å². The Hall–Kier alpha value is -2.19. The lowest BCUT2D eigenvalue weighted by Gasteiger charge is -2.37. The van der Waals surface area contributed by atoms with E-state index in [9.17, 15) is 18.3 Å². The number of carbonyl (C=O) groups is 1. The van der Waals surface area contributed by atoms with E-state index >= 15 is 0 Å². The van der Waals surface area contributed by atoms with Gasteiger partial charge in [0.1, 0.15) is 11.4 Å². The third-order valence-electron chi connectivity index (χ3n) is 6.45. The molecule has 0 radical (unpaired) electrons. The van der Waals surface area contributed by atoms with Gasteiger partial charge < -0.3 is 10.4 Å². The minimum absolute atomic E-state index is 0.154. The maximum absolute atomic E-state index is 13.1. The van der Waals surface area contributed by atoms with E-state index in [2.05, 4.69) is 11.9 Å². The van der Waals surface area contributed by atoms with Crippen molar-refractivity contribution in [2.45, 2.75) is 55.4 Å². The van der Waals surface area contributed by atoms with Gasteiger partial charge in [0.15, 0.2) is 0 Å². The molecule has 1 aliphatic carbocycles. The summed E-state index contributed by atoms with van der Waals surface area (Å²) in [5, 5.41) is 12.8. The Morgan fingerprint density at radius 2 is 1.83 bits per heavy atom. The molecule has 4 rings (SSSR count). The van der Waals surface area contributed by atoms with Crippen LogP contribution < -0.4 is 5.32 Å². The second kappa shape index (κ2) is 7.57. The van der Waals surface area contributed by atoms with Crippen molar-refractivity contribution < 1.29 is 18.3 Å². The first-order valence-corrected chi connectivity index (χ1v) is 11.7. The van der Waals surface area contributed by atoms with Gasteiger partial charge in [-0.25, -0.2) is 13.2 Å². The summed E-state index contributed by atoms with van der Waals surface area (Å²) >= 11 is 0. The van der Waals surface area contributed by atoms with Crippen LogP contribution >= 0.6 is 0 Å². The molecular formula is C21H27N3O4S. The molecule has 0 amide bonds. The summed E-state index contributed by atoms with van der Waals surface area (Å²) in [6.07, 6.45) is 7.09. The topological polar surface area (TPSA) is 99.1 Å². The molecule has 1 saturated carbocycles. The van der Waals surface area contributed by atoms with E-state index in [1.165, 1.54) is 41.8 Å². The van der Waals surface area contributed by atoms with E-state index in [1.807, 2.05) is 0 Å². The number of carboxylic acid groups (broad SMARTS) is 1. The van der Waals surface area contributed by atoms with E-state index in [-0.39, 0.29) is 10.5 Å². The first kappa shape index (κ1) is 20.1. The van der Waals surface area contributed by atoms with Crippen LogP contribution in [0.15, 0.2) is 46.4 Å². The molecule has 0 bridgehead atoms. The first-order chi connectivity index (χ1) is 13.8. The molecule has 156 valence electrons. The molecule has 1 aromatic rings. The Balaban J connectivity index is 1.53. The number of nitrogens with zero attached hydrogens (tertiary/aromatic N) is 2. The molecule has 2 aliphatic heterocycles. The number of hydrogen-bond donors (Lipinski definition) is 2. The second-order valence-corrected chi connectivity index (χ2v) is 10.1. The Bertz CT molecular complexity index is 956. The molecule has 2 N–H and O–H groups in total. The van der Waals surface area contributed by atoms with Crippen molar-refractivity contribution in [2.24, 2.45) is 10.9 Å². The number of hydrogen-bond acceptors (Lipinski definition) is 5. The van der Waals surface area contributed by atoms with Crippen LogP contribution in [0.2, 0.25) is 0 Å². The van der Waals surface area contributed by atoms with E-state index in [0.717, 1.165) is 24.4 Å². The molecule has 0 aromatic heterocycles. The summed E-state index contributed by atoms with van der Waals surface area (Å²) in [6, 6.07) is 5.76. The highest BCUT2D eigenvalue weighted by atomic mass is 32.2. The monoisotopic (exact) mass is 417 g/mol. The quantitative estimate of drug-likeness (QED) is 0.785. The lowest BCUT2D eigenvalue weighted by Crippen LogP contribution is -2.46. The number of aromatic carboxylic acids is 1. The third kappa shape index (κ3) is 3.59. The van der Waals surface area contributed by atoms with Crippen LogP contribution in [-0.2, 0) is 10.0 Å². The molecular weight excluding hydrogens is 390 g/mol. The lowest BCUT2D eigenvalue weighted by molar-refractivity contribution is 0.0692. The zero-order chi connectivity index (χ0) is 20.6. The minimum atomic E-state index is -3.88. The summed E-state index contributed by atoms with van der Waals surface area (Å²) in [4.78, 5) is 16.3. The van der Waals surface area contributed by atoms with Gasteiger partial charge in [0.2, 0.25) is 10.0 Å². The molecule has 7 nitrogen and oxygen atoms in total. The van der Waals surface area contributed by atoms with Crippen molar-refractivity contribution in [3.63, 3.8) is 0 Å². The molecule has 1 aromatic carbocycles. The summed E-state index contributed by atoms with van der Waals surface area (Å²) in [6.45, 7) is 4.77. The fourth-order valence-corrected chi connectivity index (χ4v) is 6.31. The van der Waals surface area contributed by atoms with Gasteiger partial charge >= 0.3 is 5.97 Å². The fourth-order valence-electron chi connectivity index (χ4n) is 4.68. The molecule has 0 unspecified atom stereocenters. The van der Waals surface area contributed by atoms with E-state index in [0.29, 0.717) is 31.8 Å². The average molecular weight is 418 g/mol. The van der Waals surface area contributed by atoms with Gasteiger partial charge in [-0.15, -0.1) is 0 Å². The van der Waals surface area contributed by atoms with Crippen LogP contribution in [0.3, 0.4) is 0 Å². The highest BCUT2D eigenvalue weighted by Crippen LogP contribution is 2.39. The van der Waals surface area contributed by atoms with Crippen LogP contribution in [0.25, 0.3) is 0 Å². The second-order valence-electron chi connectivity index (χ2n) is 8.17. The molecule has 1 saturated heterocycles. The van der Waals surface area contributed by atoms with Gasteiger partial charge in [0.25, 0.3) is 0 Å². The summed E-state index contributed by atoms with van der Waals surface area (Å²) in [5.41, 5.74) is 0.212. The van der Waals surface area contributed by atoms with Gasteiger partial charge in [-0.2, -0.15) is 4.31 Å². The maximum atomic E-state index is 13.1. The Labute approximate surface area is 171 Å². The predicted molar refractivity (Wildman–Crippen MR) is 110 cm³/mol. The van der Waals surface area contributed by atoms with Crippen molar-refractivity contribution in [3.8, 4) is 0 Å². The number of piperidine rings is 1. The number of rotatable bonds is 4. The van der Waals surface area contributed by atoms with Crippen molar-refractivity contribution in [1.82, 2.24) is 9.62 Å². The van der Waals surface area contributed by atoms with Crippen LogP contribution in [0.4, 0.5) is 0 Å². The number of amidine groups is 1. The normalized spacial score (nSPS) is 23.0. The van der Waals surface area contributed by atoms with Crippen molar-refractivity contribution in [3.05, 3.63) is 42.1 Å². The number of aliphatic imine (C=N–C) groups is 1. The number of benzene rings is 1. The molecule has 3 aliphatic rings. The van der Waals surface area contributed by atoms with E-state index in [4.69, 9.17) is 4.99 Å². The summed E-state index contributed by atoms with van der Waals surface area (Å²) in [7, 11) is -3.88. The minimum Gasteiger partial charge on any atom is -0.478 e. The third-order valence-corrected chi connectivity index (χ3v) is 8.41. The molecule has 8 heteroatoms. The summed E-state index contributed by atoms with van der Waals surface area (Å²) in [5.74, 6) is 0.221. The Morgan fingerprint density at radius 1 is 1.17 bits per heavy atom. The standard InChI is InChI=1S/C21H27N3O4S/c1-15-21(23-19(22-15)16-7-3-2-4-8-16)11-13-24(14-12-21)29(27,28)18-10-6-5-9-17(18)20(25)26/h5-6,9-10,16H,1-4,7-8,11-14H2,(H,22,23)(H,25,26). The van der Waals surface area contributed by atoms with Crippen LogP contribution in [0.5, 0.6) is 0 Å². The molecule has 2 heterocycles. The highest BCUT2D eigenvalue weighted by molar-refractivity contribution is 7.89. The van der Waals surface area contributed by atoms with Crippen molar-refractivity contribution in [2.75, 3.05) is 13.1 Å². The fraction of sp³-hybridized carbons (Fsp3) is 0.524. The maximum Gasteiger partial charge on any atom is 0.337 e. The van der Waals surface area contributed by atoms with Crippen LogP contribution in [-0.4, -0.2) is 48.3 Å². The van der Waals surface area contributed by atoms with Gasteiger partial charge in [-0.1, -0.05) is 38.0 Å². The number of carboxylic acids is 1. The average Bonchev–Trinajstić information content (AvgIpc) is 3.05. The zero-order valence-electron chi connectivity index (χ0n) is 16.4. The van der Waals surface area contributed by atoms with E-state index in [1.54, 1.807) is 6.07 Å². The molecule has 0 atom stereocenters. The van der Waals surface area contributed by atoms with Crippen LogP contribution in [0.1, 0.15) is 55.3 Å². The number of sulfonamides is 1.